The topological polar surface area (TPSA) is 64.0 Å². The molecule has 6 heteroatoms. The number of aromatic nitrogens is 3. The number of hydrogen-bond donors (Lipinski definition) is 2. The molecule has 0 amide bonds. The quantitative estimate of drug-likeness (QED) is 0.817. The molecular weight excluding hydrogens is 290 g/mol. The van der Waals surface area contributed by atoms with Gasteiger partial charge in [0.25, 0.3) is 0 Å². The highest BCUT2D eigenvalue weighted by atomic mass is 16.5. The number of anilines is 1. The number of hydrogen-bond acceptors (Lipinski definition) is 5. The standard InChI is InChI=1S/C17H23N5O/c1-2-13(1)12-23-17-4-3-14(9-20-17)7-18-8-15-10-19-16-5-6-21-22(16)11-15/h3-6,9,13,15,18-19H,1-2,7-8,10-12H2/t15-/m1/s1. The van der Waals surface area contributed by atoms with Crippen LogP contribution in [0.2, 0.25) is 0 Å². The Morgan fingerprint density at radius 2 is 2.22 bits per heavy atom. The van der Waals surface area contributed by atoms with E-state index in [1.54, 1.807) is 0 Å². The Morgan fingerprint density at radius 1 is 1.26 bits per heavy atom. The summed E-state index contributed by atoms with van der Waals surface area (Å²) in [6, 6.07) is 6.08. The molecule has 0 unspecified atom stereocenters. The average Bonchev–Trinajstić information content (AvgIpc) is 3.30. The van der Waals surface area contributed by atoms with Crippen LogP contribution in [-0.4, -0.2) is 34.5 Å². The second-order valence-corrected chi connectivity index (χ2v) is 6.54. The zero-order valence-electron chi connectivity index (χ0n) is 13.2. The molecule has 1 aliphatic heterocycles. The molecule has 1 saturated carbocycles. The van der Waals surface area contributed by atoms with E-state index in [2.05, 4.69) is 26.8 Å². The van der Waals surface area contributed by atoms with Crippen molar-refractivity contribution in [3.8, 4) is 5.88 Å². The first-order valence-electron chi connectivity index (χ1n) is 8.41. The van der Waals surface area contributed by atoms with Crippen molar-refractivity contribution >= 4 is 5.82 Å². The van der Waals surface area contributed by atoms with Crippen LogP contribution >= 0.6 is 0 Å². The number of ether oxygens (including phenoxy) is 1. The van der Waals surface area contributed by atoms with E-state index in [0.29, 0.717) is 5.92 Å². The molecule has 0 saturated heterocycles. The van der Waals surface area contributed by atoms with Crippen molar-refractivity contribution in [1.29, 1.82) is 0 Å². The lowest BCUT2D eigenvalue weighted by Gasteiger charge is -2.25. The van der Waals surface area contributed by atoms with Crippen molar-refractivity contribution < 1.29 is 4.74 Å². The summed E-state index contributed by atoms with van der Waals surface area (Å²) in [7, 11) is 0. The summed E-state index contributed by atoms with van der Waals surface area (Å²) >= 11 is 0. The van der Waals surface area contributed by atoms with E-state index in [1.165, 1.54) is 18.4 Å². The van der Waals surface area contributed by atoms with E-state index < -0.39 is 0 Å². The van der Waals surface area contributed by atoms with E-state index in [-0.39, 0.29) is 0 Å². The van der Waals surface area contributed by atoms with Crippen LogP contribution < -0.4 is 15.4 Å². The molecule has 1 aliphatic carbocycles. The summed E-state index contributed by atoms with van der Waals surface area (Å²) in [6.45, 7) is 4.57. The van der Waals surface area contributed by atoms with Gasteiger partial charge in [0.2, 0.25) is 5.88 Å². The van der Waals surface area contributed by atoms with E-state index >= 15 is 0 Å². The normalized spacial score (nSPS) is 19.9. The van der Waals surface area contributed by atoms with Crippen LogP contribution in [0.4, 0.5) is 5.82 Å². The Morgan fingerprint density at radius 3 is 3.04 bits per heavy atom. The predicted molar refractivity (Wildman–Crippen MR) is 88.4 cm³/mol. The fraction of sp³-hybridized carbons (Fsp3) is 0.529. The fourth-order valence-corrected chi connectivity index (χ4v) is 2.83. The van der Waals surface area contributed by atoms with Crippen LogP contribution in [0, 0.1) is 11.8 Å². The number of nitrogens with zero attached hydrogens (tertiary/aromatic N) is 3. The highest BCUT2D eigenvalue weighted by Gasteiger charge is 2.22. The van der Waals surface area contributed by atoms with Gasteiger partial charge in [0.1, 0.15) is 5.82 Å². The molecule has 6 nitrogen and oxygen atoms in total. The number of nitrogens with one attached hydrogen (secondary N) is 2. The molecule has 0 aromatic carbocycles. The Kier molecular flexibility index (Phi) is 4.15. The molecule has 2 N–H and O–H groups in total. The van der Waals surface area contributed by atoms with Gasteiger partial charge in [-0.05, 0) is 24.3 Å². The van der Waals surface area contributed by atoms with Gasteiger partial charge in [0, 0.05) is 50.4 Å². The highest BCUT2D eigenvalue weighted by molar-refractivity contribution is 5.35. The smallest absolute Gasteiger partial charge is 0.213 e. The van der Waals surface area contributed by atoms with Gasteiger partial charge in [0.15, 0.2) is 0 Å². The van der Waals surface area contributed by atoms with Gasteiger partial charge in [-0.1, -0.05) is 6.07 Å². The molecule has 23 heavy (non-hydrogen) atoms. The van der Waals surface area contributed by atoms with Crippen molar-refractivity contribution in [2.75, 3.05) is 25.0 Å². The molecule has 2 aromatic heterocycles. The molecule has 4 rings (SSSR count). The van der Waals surface area contributed by atoms with Gasteiger partial charge in [-0.25, -0.2) is 9.67 Å². The van der Waals surface area contributed by atoms with Crippen LogP contribution in [0.5, 0.6) is 5.88 Å². The van der Waals surface area contributed by atoms with Gasteiger partial charge >= 0.3 is 0 Å². The lowest BCUT2D eigenvalue weighted by Crippen LogP contribution is -2.35. The molecular formula is C17H23N5O. The van der Waals surface area contributed by atoms with E-state index in [1.807, 2.05) is 29.2 Å². The van der Waals surface area contributed by atoms with E-state index in [0.717, 1.165) is 50.4 Å². The Bertz CT molecular complexity index is 635. The summed E-state index contributed by atoms with van der Waals surface area (Å²) in [6.07, 6.45) is 6.35. The Balaban J connectivity index is 1.20. The van der Waals surface area contributed by atoms with E-state index in [4.69, 9.17) is 4.74 Å². The fourth-order valence-electron chi connectivity index (χ4n) is 2.83. The van der Waals surface area contributed by atoms with Crippen LogP contribution in [-0.2, 0) is 13.1 Å². The zero-order chi connectivity index (χ0) is 15.5. The molecule has 1 atom stereocenters. The van der Waals surface area contributed by atoms with Gasteiger partial charge in [-0.2, -0.15) is 5.10 Å². The van der Waals surface area contributed by atoms with Gasteiger partial charge < -0.3 is 15.4 Å². The Labute approximate surface area is 136 Å². The predicted octanol–water partition coefficient (Wildman–Crippen LogP) is 1.90. The monoisotopic (exact) mass is 313 g/mol. The molecule has 0 spiro atoms. The first-order valence-corrected chi connectivity index (χ1v) is 8.41. The molecule has 0 bridgehead atoms. The number of rotatable bonds is 7. The number of pyridine rings is 1. The summed E-state index contributed by atoms with van der Waals surface area (Å²) in [5.41, 5.74) is 1.19. The average molecular weight is 313 g/mol. The van der Waals surface area contributed by atoms with Crippen molar-refractivity contribution in [3.05, 3.63) is 36.2 Å². The second-order valence-electron chi connectivity index (χ2n) is 6.54. The summed E-state index contributed by atoms with van der Waals surface area (Å²) in [4.78, 5) is 4.38. The molecule has 2 aliphatic rings. The SMILES string of the molecule is c1cc2n(n1)C[C@H](CNCc1ccc(OCC3CC3)nc1)CN2. The minimum Gasteiger partial charge on any atom is -0.477 e. The third-order valence-electron chi connectivity index (χ3n) is 4.44. The van der Waals surface area contributed by atoms with Crippen LogP contribution in [0.3, 0.4) is 0 Å². The van der Waals surface area contributed by atoms with Crippen molar-refractivity contribution in [2.45, 2.75) is 25.9 Å². The first kappa shape index (κ1) is 14.5. The Hall–Kier alpha value is -2.08. The van der Waals surface area contributed by atoms with Crippen LogP contribution in [0.1, 0.15) is 18.4 Å². The van der Waals surface area contributed by atoms with Gasteiger partial charge in [-0.15, -0.1) is 0 Å². The lowest BCUT2D eigenvalue weighted by atomic mass is 10.1. The maximum absolute atomic E-state index is 5.66. The van der Waals surface area contributed by atoms with Gasteiger partial charge in [0.05, 0.1) is 12.8 Å². The third-order valence-corrected chi connectivity index (χ3v) is 4.44. The highest BCUT2D eigenvalue weighted by Crippen LogP contribution is 2.29. The zero-order valence-corrected chi connectivity index (χ0v) is 13.2. The maximum Gasteiger partial charge on any atom is 0.213 e. The summed E-state index contributed by atoms with van der Waals surface area (Å²) in [5.74, 6) is 3.17. The van der Waals surface area contributed by atoms with Crippen molar-refractivity contribution in [2.24, 2.45) is 11.8 Å². The summed E-state index contributed by atoms with van der Waals surface area (Å²) < 4.78 is 7.69. The molecule has 0 radical (unpaired) electrons. The first-order chi connectivity index (χ1) is 11.4. The molecule has 2 aromatic rings. The number of fused-ring (bicyclic) bond motifs is 1. The van der Waals surface area contributed by atoms with Crippen LogP contribution in [0.25, 0.3) is 0 Å². The van der Waals surface area contributed by atoms with Crippen LogP contribution in [0.15, 0.2) is 30.6 Å². The summed E-state index contributed by atoms with van der Waals surface area (Å²) in [5, 5.41) is 11.2. The molecule has 1 fully saturated rings. The third kappa shape index (κ3) is 3.82. The molecule has 3 heterocycles. The minimum absolute atomic E-state index is 0.552. The maximum atomic E-state index is 5.66. The van der Waals surface area contributed by atoms with Crippen molar-refractivity contribution in [3.63, 3.8) is 0 Å². The lowest BCUT2D eigenvalue weighted by molar-refractivity contribution is 0.288. The minimum atomic E-state index is 0.552. The molecule has 122 valence electrons. The van der Waals surface area contributed by atoms with Gasteiger partial charge in [-0.3, -0.25) is 0 Å². The second kappa shape index (κ2) is 6.58. The van der Waals surface area contributed by atoms with E-state index in [9.17, 15) is 0 Å². The largest absolute Gasteiger partial charge is 0.477 e. The van der Waals surface area contributed by atoms with Crippen molar-refractivity contribution in [1.82, 2.24) is 20.1 Å².